The molecule has 2 aliphatic rings. The molecule has 42 heavy (non-hydrogen) atoms. The molecule has 2 saturated heterocycles. The number of unbranched alkanes of at least 4 members (excludes halogenated alkanes) is 10. The van der Waals surface area contributed by atoms with Gasteiger partial charge in [-0.3, -0.25) is 9.59 Å². The van der Waals surface area contributed by atoms with E-state index in [1.807, 2.05) is 0 Å². The second kappa shape index (κ2) is 29.6. The van der Waals surface area contributed by atoms with E-state index in [-0.39, 0.29) is 37.0 Å². The molecular formula is C34H64O8. The van der Waals surface area contributed by atoms with E-state index >= 15 is 0 Å². The highest BCUT2D eigenvalue weighted by molar-refractivity contribution is 5.76. The van der Waals surface area contributed by atoms with Crippen molar-refractivity contribution < 1.29 is 38.7 Å². The van der Waals surface area contributed by atoms with E-state index in [0.29, 0.717) is 26.4 Å². The summed E-state index contributed by atoms with van der Waals surface area (Å²) in [5.74, 6) is -0.644. The molecule has 2 N–H and O–H groups in total. The van der Waals surface area contributed by atoms with Gasteiger partial charge in [-0.05, 0) is 62.5 Å². The topological polar surface area (TPSA) is 112 Å². The van der Waals surface area contributed by atoms with Crippen molar-refractivity contribution >= 4 is 11.9 Å². The Kier molecular flexibility index (Phi) is 28.5. The molecule has 0 aromatic heterocycles. The highest BCUT2D eigenvalue weighted by Gasteiger charge is 2.30. The molecule has 0 radical (unpaired) electrons. The van der Waals surface area contributed by atoms with E-state index < -0.39 is 0 Å². The van der Waals surface area contributed by atoms with Crippen LogP contribution in [0.2, 0.25) is 0 Å². The van der Waals surface area contributed by atoms with Crippen LogP contribution in [0.5, 0.6) is 0 Å². The zero-order valence-corrected chi connectivity index (χ0v) is 27.5. The minimum Gasteiger partial charge on any atom is -0.469 e. The quantitative estimate of drug-likeness (QED) is 0.0963. The largest absolute Gasteiger partial charge is 0.469 e. The van der Waals surface area contributed by atoms with Crippen LogP contribution in [0.15, 0.2) is 11.1 Å². The fourth-order valence-electron chi connectivity index (χ4n) is 5.14. The summed E-state index contributed by atoms with van der Waals surface area (Å²) in [7, 11) is 2.75. The average molecular weight is 601 g/mol. The van der Waals surface area contributed by atoms with Crippen molar-refractivity contribution in [2.75, 3.05) is 40.6 Å². The predicted octanol–water partition coefficient (Wildman–Crippen LogP) is 7.23. The van der Waals surface area contributed by atoms with E-state index in [9.17, 15) is 9.59 Å². The third-order valence-corrected chi connectivity index (χ3v) is 7.70. The summed E-state index contributed by atoms with van der Waals surface area (Å²) in [6.07, 6.45) is 20.8. The van der Waals surface area contributed by atoms with Gasteiger partial charge in [-0.25, -0.2) is 0 Å². The summed E-state index contributed by atoms with van der Waals surface area (Å²) < 4.78 is 21.5. The summed E-state index contributed by atoms with van der Waals surface area (Å²) >= 11 is 0. The number of hydrogen-bond acceptors (Lipinski definition) is 8. The van der Waals surface area contributed by atoms with Crippen molar-refractivity contribution in [2.45, 2.75) is 154 Å². The summed E-state index contributed by atoms with van der Waals surface area (Å²) in [5, 5.41) is 16.8. The van der Waals surface area contributed by atoms with E-state index in [1.54, 1.807) is 0 Å². The van der Waals surface area contributed by atoms with Crippen molar-refractivity contribution in [3.8, 4) is 0 Å². The molecule has 2 aliphatic heterocycles. The number of aliphatic hydroxyl groups is 2. The molecule has 2 atom stereocenters. The molecule has 2 unspecified atom stereocenters. The number of hydrogen-bond donors (Lipinski definition) is 2. The van der Waals surface area contributed by atoms with Crippen LogP contribution in [-0.4, -0.2) is 75.0 Å². The Balaban J connectivity index is 0.000000768. The maximum Gasteiger partial charge on any atom is 0.309 e. The van der Waals surface area contributed by atoms with Gasteiger partial charge in [0.2, 0.25) is 0 Å². The van der Waals surface area contributed by atoms with Gasteiger partial charge in [-0.1, -0.05) is 78.1 Å². The second-order valence-corrected chi connectivity index (χ2v) is 11.2. The first-order valence-electron chi connectivity index (χ1n) is 16.8. The van der Waals surface area contributed by atoms with Crippen LogP contribution < -0.4 is 0 Å². The number of carbonyl (C=O) groups excluding carboxylic acids is 2. The smallest absolute Gasteiger partial charge is 0.309 e. The fourth-order valence-corrected chi connectivity index (χ4v) is 5.14. The van der Waals surface area contributed by atoms with Crippen LogP contribution in [0.3, 0.4) is 0 Å². The van der Waals surface area contributed by atoms with E-state index in [1.165, 1.54) is 78.4 Å². The predicted molar refractivity (Wildman–Crippen MR) is 168 cm³/mol. The molecular weight excluding hydrogens is 536 g/mol. The first-order valence-corrected chi connectivity index (χ1v) is 16.8. The van der Waals surface area contributed by atoms with Gasteiger partial charge >= 0.3 is 11.9 Å². The maximum absolute atomic E-state index is 11.9. The monoisotopic (exact) mass is 600 g/mol. The number of carbonyl (C=O) groups is 2. The normalized spacial score (nSPS) is 18.9. The molecule has 0 bridgehead atoms. The number of methoxy groups -OCH3 is 2. The summed E-state index contributed by atoms with van der Waals surface area (Å²) in [4.78, 5) is 23.9. The van der Waals surface area contributed by atoms with Crippen molar-refractivity contribution in [2.24, 2.45) is 0 Å². The van der Waals surface area contributed by atoms with Crippen LogP contribution in [0.25, 0.3) is 0 Å². The Hall–Kier alpha value is -1.48. The van der Waals surface area contributed by atoms with Crippen molar-refractivity contribution in [1.29, 1.82) is 0 Å². The van der Waals surface area contributed by atoms with Gasteiger partial charge in [0.25, 0.3) is 0 Å². The van der Waals surface area contributed by atoms with Gasteiger partial charge in [0.15, 0.2) is 0 Å². The number of rotatable bonds is 18. The molecule has 0 spiro atoms. The van der Waals surface area contributed by atoms with Gasteiger partial charge < -0.3 is 29.2 Å². The minimum absolute atomic E-state index is 0.132. The molecule has 0 aliphatic carbocycles. The number of aliphatic hydroxyl groups excluding tert-OH is 2. The van der Waals surface area contributed by atoms with Gasteiger partial charge in [0, 0.05) is 26.4 Å². The molecule has 0 saturated carbocycles. The van der Waals surface area contributed by atoms with Crippen LogP contribution in [0, 0.1) is 0 Å². The van der Waals surface area contributed by atoms with Crippen LogP contribution in [-0.2, 0) is 28.5 Å². The summed E-state index contributed by atoms with van der Waals surface area (Å²) in [6, 6.07) is 0. The molecule has 8 nitrogen and oxygen atoms in total. The minimum atomic E-state index is -0.322. The number of esters is 2. The Morgan fingerprint density at radius 3 is 1.24 bits per heavy atom. The van der Waals surface area contributed by atoms with Gasteiger partial charge in [0.05, 0.1) is 39.3 Å². The molecule has 0 aromatic carbocycles. The lowest BCUT2D eigenvalue weighted by atomic mass is 9.87. The molecule has 2 fully saturated rings. The fraction of sp³-hybridized carbons (Fsp3) is 0.882. The average Bonchev–Trinajstić information content (AvgIpc) is 3.04. The van der Waals surface area contributed by atoms with Crippen molar-refractivity contribution in [1.82, 2.24) is 0 Å². The van der Waals surface area contributed by atoms with E-state index in [4.69, 9.17) is 29.2 Å². The Labute approximate surface area is 256 Å². The first kappa shape index (κ1) is 40.5. The maximum atomic E-state index is 11.9. The standard InChI is InChI=1S/C18H28O6.2C8H18O/c1-21-17(19)11-13(15-7-3-5-9-23-15)14(12-18(20)22-2)16-8-4-6-10-24-16;2*1-2-3-4-5-6-7-8-9/h15-16H,3-12H2,1-2H3;2*9H,2-8H2,1H3/b14-13-;;. The highest BCUT2D eigenvalue weighted by Crippen LogP contribution is 2.32. The van der Waals surface area contributed by atoms with Crippen LogP contribution in [0.1, 0.15) is 142 Å². The highest BCUT2D eigenvalue weighted by atomic mass is 16.5. The molecule has 2 heterocycles. The molecule has 248 valence electrons. The molecule has 0 aromatic rings. The van der Waals surface area contributed by atoms with Gasteiger partial charge in [-0.2, -0.15) is 0 Å². The van der Waals surface area contributed by atoms with E-state index in [2.05, 4.69) is 13.8 Å². The van der Waals surface area contributed by atoms with Crippen molar-refractivity contribution in [3.63, 3.8) is 0 Å². The summed E-state index contributed by atoms with van der Waals surface area (Å²) in [6.45, 7) is 6.51. The Morgan fingerprint density at radius 1 is 0.595 bits per heavy atom. The Morgan fingerprint density at radius 2 is 0.952 bits per heavy atom. The van der Waals surface area contributed by atoms with Crippen LogP contribution >= 0.6 is 0 Å². The van der Waals surface area contributed by atoms with Gasteiger partial charge in [0.1, 0.15) is 0 Å². The lowest BCUT2D eigenvalue weighted by Crippen LogP contribution is -2.30. The lowest BCUT2D eigenvalue weighted by Gasteiger charge is -2.32. The first-order chi connectivity index (χ1) is 20.5. The Bertz CT molecular complexity index is 598. The number of ether oxygens (including phenoxy) is 4. The molecule has 8 heteroatoms. The second-order valence-electron chi connectivity index (χ2n) is 11.2. The van der Waals surface area contributed by atoms with Gasteiger partial charge in [-0.15, -0.1) is 0 Å². The van der Waals surface area contributed by atoms with Crippen molar-refractivity contribution in [3.05, 3.63) is 11.1 Å². The van der Waals surface area contributed by atoms with Crippen LogP contribution in [0.4, 0.5) is 0 Å². The molecule has 2 rings (SSSR count). The zero-order chi connectivity index (χ0) is 31.3. The van der Waals surface area contributed by atoms with E-state index in [0.717, 1.165) is 62.5 Å². The molecule has 0 amide bonds. The third-order valence-electron chi connectivity index (χ3n) is 7.70. The lowest BCUT2D eigenvalue weighted by molar-refractivity contribution is -0.141. The zero-order valence-electron chi connectivity index (χ0n) is 27.5. The third kappa shape index (κ3) is 21.2. The summed E-state index contributed by atoms with van der Waals surface area (Å²) in [5.41, 5.74) is 1.69. The SMILES string of the molecule is CCCCCCCCO.CCCCCCCCO.COC(=O)C/C(=C(\CC(=O)OC)C1CCCCO1)C1CCCCO1.